The summed E-state index contributed by atoms with van der Waals surface area (Å²) in [7, 11) is 0. The fourth-order valence-corrected chi connectivity index (χ4v) is 12.3. The van der Waals surface area contributed by atoms with Gasteiger partial charge in [-0.25, -0.2) is 9.18 Å². The van der Waals surface area contributed by atoms with Crippen LogP contribution in [0, 0.1) is 12.8 Å². The van der Waals surface area contributed by atoms with E-state index in [4.69, 9.17) is 25.6 Å². The number of H-pyrrole nitrogens is 1. The number of fused-ring (bicyclic) bond motifs is 1. The zero-order valence-corrected chi connectivity index (χ0v) is 21.2. The largest absolute Gasteiger partial charge is 0.349 e. The molecule has 7 nitrogen and oxygen atoms in total. The minimum atomic E-state index is -2.83. The van der Waals surface area contributed by atoms with Crippen LogP contribution in [0.25, 0.3) is 0 Å². The van der Waals surface area contributed by atoms with E-state index in [0.717, 1.165) is 29.4 Å². The Kier molecular flexibility index (Phi) is 6.68. The first-order chi connectivity index (χ1) is 15.0. The highest BCUT2D eigenvalue weighted by Gasteiger charge is 2.56. The predicted molar refractivity (Wildman–Crippen MR) is 127 cm³/mol. The lowest BCUT2D eigenvalue weighted by atomic mass is 9.77. The van der Waals surface area contributed by atoms with Crippen molar-refractivity contribution in [3.05, 3.63) is 44.8 Å². The molecule has 2 aliphatic heterocycles. The van der Waals surface area contributed by atoms with Crippen molar-refractivity contribution in [1.29, 1.82) is 0 Å². The van der Waals surface area contributed by atoms with E-state index in [-0.39, 0.29) is 10.9 Å². The van der Waals surface area contributed by atoms with Crippen molar-refractivity contribution in [2.24, 2.45) is 5.92 Å². The molecule has 3 aliphatic rings. The molecule has 3 heterocycles. The van der Waals surface area contributed by atoms with Crippen LogP contribution in [-0.2, 0) is 25.6 Å². The van der Waals surface area contributed by atoms with Crippen molar-refractivity contribution >= 4 is 28.9 Å². The second kappa shape index (κ2) is 8.78. The number of rotatable bonds is 5. The van der Waals surface area contributed by atoms with E-state index in [1.165, 1.54) is 17.6 Å². The van der Waals surface area contributed by atoms with Crippen molar-refractivity contribution in [3.8, 4) is 0 Å². The third-order valence-corrected chi connectivity index (χ3v) is 12.5. The van der Waals surface area contributed by atoms with E-state index in [9.17, 15) is 9.59 Å². The summed E-state index contributed by atoms with van der Waals surface area (Å²) in [6.45, 7) is 11.7. The number of hydrogen-bond acceptors (Lipinski definition) is 7. The molecule has 1 N–H and O–H groups in total. The number of alkyl halides is 1. The highest BCUT2D eigenvalue weighted by Crippen LogP contribution is 2.76. The molecule has 0 amide bonds. The Labute approximate surface area is 196 Å². The van der Waals surface area contributed by atoms with Crippen LogP contribution in [0.4, 0.5) is 4.39 Å². The molecule has 11 heteroatoms. The standard InChI is InChI=1S/C21H30FN2O5PS2/c1-6-14-17(16(22)19(27-14)24-10-12(4)18(25)23-20(24)26)29-30(31)28-15-9-13(11(2)3)7-8-21(15,5)32-30/h10,13-17,19H,2,6-9H2,1,3-5H3,(H,23,25,26)/t13-,14-,15+,16-,17-,19-,21+,30-/m1/s1. The summed E-state index contributed by atoms with van der Waals surface area (Å²) in [4.78, 5) is 26.2. The molecular formula is C21H30FN2O5PS2. The Morgan fingerprint density at radius 3 is 2.91 bits per heavy atom. The molecule has 1 saturated carbocycles. The van der Waals surface area contributed by atoms with E-state index in [1.807, 2.05) is 13.8 Å². The van der Waals surface area contributed by atoms with Crippen LogP contribution < -0.4 is 11.2 Å². The van der Waals surface area contributed by atoms with Gasteiger partial charge in [-0.15, -0.1) is 0 Å². The summed E-state index contributed by atoms with van der Waals surface area (Å²) in [6.07, 6.45) is 0.172. The first kappa shape index (κ1) is 24.4. The number of nitrogens with one attached hydrogen (secondary N) is 1. The molecule has 0 bridgehead atoms. The van der Waals surface area contributed by atoms with E-state index >= 15 is 4.39 Å². The Morgan fingerprint density at radius 2 is 2.25 bits per heavy atom. The predicted octanol–water partition coefficient (Wildman–Crippen LogP) is 4.37. The number of ether oxygens (including phenoxy) is 1. The summed E-state index contributed by atoms with van der Waals surface area (Å²) in [5, 5.41) is 0. The van der Waals surface area contributed by atoms with Crippen LogP contribution in [-0.4, -0.2) is 38.8 Å². The van der Waals surface area contributed by atoms with Crippen molar-refractivity contribution in [2.75, 3.05) is 0 Å². The maximum absolute atomic E-state index is 15.6. The summed E-state index contributed by atoms with van der Waals surface area (Å²) < 4.78 is 35.0. The van der Waals surface area contributed by atoms with Gasteiger partial charge in [-0.2, -0.15) is 0 Å². The molecule has 1 aliphatic carbocycles. The van der Waals surface area contributed by atoms with Crippen molar-refractivity contribution in [1.82, 2.24) is 9.55 Å². The van der Waals surface area contributed by atoms with Gasteiger partial charge in [-0.3, -0.25) is 14.3 Å². The van der Waals surface area contributed by atoms with Gasteiger partial charge in [-0.05, 0) is 64.2 Å². The number of halogens is 1. The summed E-state index contributed by atoms with van der Waals surface area (Å²) >= 11 is 7.37. The van der Waals surface area contributed by atoms with Gasteiger partial charge >= 0.3 is 5.69 Å². The van der Waals surface area contributed by atoms with E-state index in [1.54, 1.807) is 6.92 Å². The first-order valence-electron chi connectivity index (χ1n) is 10.9. The second-order valence-corrected chi connectivity index (χ2v) is 15.8. The summed E-state index contributed by atoms with van der Waals surface area (Å²) in [6, 6.07) is 0. The van der Waals surface area contributed by atoms with E-state index in [0.29, 0.717) is 17.9 Å². The van der Waals surface area contributed by atoms with Crippen molar-refractivity contribution in [3.63, 3.8) is 0 Å². The molecule has 4 rings (SSSR count). The number of aromatic amines is 1. The molecule has 8 atom stereocenters. The topological polar surface area (TPSA) is 82.6 Å². The Morgan fingerprint density at radius 1 is 1.53 bits per heavy atom. The maximum Gasteiger partial charge on any atom is 0.330 e. The summed E-state index contributed by atoms with van der Waals surface area (Å²) in [5.41, 5.74) is -2.61. The number of aryl methyl sites for hydroxylation is 1. The van der Waals surface area contributed by atoms with E-state index < -0.39 is 41.6 Å². The molecule has 0 unspecified atom stereocenters. The molecule has 32 heavy (non-hydrogen) atoms. The Bertz CT molecular complexity index is 1080. The quantitative estimate of drug-likeness (QED) is 0.471. The normalized spacial score (nSPS) is 41.5. The van der Waals surface area contributed by atoms with Crippen LogP contribution in [0.15, 0.2) is 27.9 Å². The lowest BCUT2D eigenvalue weighted by Gasteiger charge is -2.37. The molecule has 0 radical (unpaired) electrons. The van der Waals surface area contributed by atoms with Crippen molar-refractivity contribution in [2.45, 2.75) is 88.8 Å². The van der Waals surface area contributed by atoms with Gasteiger partial charge in [0.05, 0.1) is 12.2 Å². The average molecular weight is 505 g/mol. The molecule has 0 spiro atoms. The summed E-state index contributed by atoms with van der Waals surface area (Å²) in [5.74, 6) is 0.391. The first-order valence-corrected chi connectivity index (χ1v) is 15.0. The number of hydrogen-bond donors (Lipinski definition) is 1. The number of nitrogens with zero attached hydrogens (tertiary/aromatic N) is 1. The third kappa shape index (κ3) is 4.34. The zero-order valence-electron chi connectivity index (χ0n) is 18.7. The van der Waals surface area contributed by atoms with Crippen LogP contribution in [0.3, 0.4) is 0 Å². The maximum atomic E-state index is 15.6. The lowest BCUT2D eigenvalue weighted by Crippen LogP contribution is -2.39. The van der Waals surface area contributed by atoms with Crippen LogP contribution in [0.2, 0.25) is 0 Å². The molecule has 2 saturated heterocycles. The van der Waals surface area contributed by atoms with Gasteiger partial charge in [-0.1, -0.05) is 30.5 Å². The fraction of sp³-hybridized carbons (Fsp3) is 0.714. The smallest absolute Gasteiger partial charge is 0.330 e. The molecular weight excluding hydrogens is 474 g/mol. The molecule has 1 aromatic rings. The van der Waals surface area contributed by atoms with Gasteiger partial charge in [0.2, 0.25) is 5.69 Å². The van der Waals surface area contributed by atoms with Crippen LogP contribution in [0.5, 0.6) is 0 Å². The molecule has 3 fully saturated rings. The minimum Gasteiger partial charge on any atom is -0.349 e. The van der Waals surface area contributed by atoms with Gasteiger partial charge in [0.15, 0.2) is 12.4 Å². The molecule has 1 aromatic heterocycles. The van der Waals surface area contributed by atoms with Gasteiger partial charge in [0.1, 0.15) is 6.10 Å². The van der Waals surface area contributed by atoms with Gasteiger partial charge in [0.25, 0.3) is 5.56 Å². The average Bonchev–Trinajstić information content (AvgIpc) is 3.16. The highest BCUT2D eigenvalue weighted by molar-refractivity contribution is 8.68. The Hall–Kier alpha value is -0.770. The minimum absolute atomic E-state index is 0.0606. The monoisotopic (exact) mass is 504 g/mol. The highest BCUT2D eigenvalue weighted by atomic mass is 32.9. The SMILES string of the molecule is C=C(C)[C@@H]1CC[C@]2(C)S[P@@](=S)(O[C@H]3[C@@H](F)[C@H](n4cc(C)c(=O)[nH]c4=O)O[C@@H]3CC)O[C@H]2C1. The zero-order chi connectivity index (χ0) is 23.4. The lowest BCUT2D eigenvalue weighted by molar-refractivity contribution is -0.0269. The second-order valence-electron chi connectivity index (χ2n) is 9.23. The molecule has 178 valence electrons. The fourth-order valence-electron chi connectivity index (χ4n) is 4.73. The van der Waals surface area contributed by atoms with Crippen LogP contribution >= 0.6 is 17.1 Å². The number of aromatic nitrogens is 2. The number of allylic oxidation sites excluding steroid dienone is 1. The van der Waals surface area contributed by atoms with Gasteiger partial charge < -0.3 is 13.8 Å². The Balaban J connectivity index is 1.56. The van der Waals surface area contributed by atoms with Crippen molar-refractivity contribution < 1.29 is 18.2 Å². The molecule has 0 aromatic carbocycles. The third-order valence-electron chi connectivity index (χ3n) is 6.78. The van der Waals surface area contributed by atoms with E-state index in [2.05, 4.69) is 18.5 Å². The van der Waals surface area contributed by atoms with Crippen LogP contribution in [0.1, 0.15) is 58.2 Å². The van der Waals surface area contributed by atoms with Gasteiger partial charge in [0, 0.05) is 16.5 Å².